The highest BCUT2D eigenvalue weighted by molar-refractivity contribution is 6.75. The molecule has 1 N–H and O–H groups in total. The minimum Gasteiger partial charge on any atom is -0.496 e. The molecule has 7 heteroatoms. The quantitative estimate of drug-likeness (QED) is 0.773. The number of aromatic nitrogens is 2. The van der Waals surface area contributed by atoms with Crippen molar-refractivity contribution in [2.75, 3.05) is 7.11 Å². The maximum atomic E-state index is 12.6. The maximum absolute atomic E-state index is 12.6. The molecular weight excluding hydrogens is 208 g/mol. The number of methoxy groups -OCH3 is 1. The number of nitrogens with one attached hydrogen (secondary N) is 1. The Labute approximate surface area is 83.3 Å². The third-order valence-electron chi connectivity index (χ3n) is 2.18. The predicted octanol–water partition coefficient (Wildman–Crippen LogP) is 1.63. The van der Waals surface area contributed by atoms with Crippen LogP contribution in [0.5, 0.6) is 5.75 Å². The lowest BCUT2D eigenvalue weighted by Crippen LogP contribution is -2.34. The van der Waals surface area contributed by atoms with Gasteiger partial charge in [-0.05, 0) is 6.07 Å². The van der Waals surface area contributed by atoms with Gasteiger partial charge in [0.2, 0.25) is 0 Å². The molecule has 0 bridgehead atoms. The van der Waals surface area contributed by atoms with Crippen molar-refractivity contribution in [3.8, 4) is 5.75 Å². The van der Waals surface area contributed by atoms with E-state index in [0.29, 0.717) is 11.1 Å². The first-order valence-electron chi connectivity index (χ1n) is 4.24. The SMILES string of the molecule is COc1ccc([B-](F)(F)F)c2[nH]ncc12. The third-order valence-corrected chi connectivity index (χ3v) is 2.18. The highest BCUT2D eigenvalue weighted by Gasteiger charge is 2.28. The van der Waals surface area contributed by atoms with E-state index in [4.69, 9.17) is 4.74 Å². The second kappa shape index (κ2) is 3.18. The summed E-state index contributed by atoms with van der Waals surface area (Å²) in [5.74, 6) is 0.377. The van der Waals surface area contributed by atoms with E-state index in [2.05, 4.69) is 10.2 Å². The summed E-state index contributed by atoms with van der Waals surface area (Å²) in [5.41, 5.74) is -0.704. The average molecular weight is 215 g/mol. The Kier molecular flexibility index (Phi) is 2.10. The molecule has 2 rings (SSSR count). The first-order valence-corrected chi connectivity index (χ1v) is 4.24. The van der Waals surface area contributed by atoms with Crippen molar-refractivity contribution >= 4 is 23.3 Å². The van der Waals surface area contributed by atoms with Gasteiger partial charge in [0.1, 0.15) is 5.75 Å². The molecule has 3 nitrogen and oxygen atoms in total. The number of benzene rings is 1. The largest absolute Gasteiger partial charge is 0.511 e. The van der Waals surface area contributed by atoms with Crippen molar-refractivity contribution in [2.24, 2.45) is 0 Å². The van der Waals surface area contributed by atoms with Crippen molar-refractivity contribution in [2.45, 2.75) is 0 Å². The first kappa shape index (κ1) is 9.88. The number of rotatable bonds is 2. The van der Waals surface area contributed by atoms with Crippen LogP contribution in [0.25, 0.3) is 10.9 Å². The molecule has 0 saturated carbocycles. The van der Waals surface area contributed by atoms with Crippen molar-refractivity contribution < 1.29 is 17.7 Å². The smallest absolute Gasteiger partial charge is 0.496 e. The molecule has 80 valence electrons. The molecular formula is C8H7BF3N2O-. The lowest BCUT2D eigenvalue weighted by Gasteiger charge is -2.16. The van der Waals surface area contributed by atoms with Gasteiger partial charge >= 0.3 is 6.98 Å². The molecule has 2 aromatic rings. The maximum Gasteiger partial charge on any atom is 0.511 e. The zero-order valence-electron chi connectivity index (χ0n) is 7.80. The molecule has 0 aliphatic rings. The van der Waals surface area contributed by atoms with Crippen molar-refractivity contribution in [3.05, 3.63) is 18.3 Å². The van der Waals surface area contributed by atoms with Crippen LogP contribution in [0, 0.1) is 0 Å². The van der Waals surface area contributed by atoms with E-state index < -0.39 is 12.4 Å². The number of aromatic amines is 1. The van der Waals surface area contributed by atoms with Crippen molar-refractivity contribution in [1.29, 1.82) is 0 Å². The third kappa shape index (κ3) is 1.53. The van der Waals surface area contributed by atoms with Gasteiger partial charge in [0.15, 0.2) is 0 Å². The van der Waals surface area contributed by atoms with E-state index in [1.165, 1.54) is 19.4 Å². The molecule has 15 heavy (non-hydrogen) atoms. The van der Waals surface area contributed by atoms with Crippen LogP contribution in [0.15, 0.2) is 18.3 Å². The molecule has 0 aliphatic heterocycles. The Morgan fingerprint density at radius 3 is 2.67 bits per heavy atom. The van der Waals surface area contributed by atoms with Crippen molar-refractivity contribution in [3.63, 3.8) is 0 Å². The van der Waals surface area contributed by atoms with Crippen LogP contribution in [0.1, 0.15) is 0 Å². The monoisotopic (exact) mass is 215 g/mol. The van der Waals surface area contributed by atoms with E-state index >= 15 is 0 Å². The number of hydrogen-bond acceptors (Lipinski definition) is 2. The Hall–Kier alpha value is -1.66. The molecule has 0 radical (unpaired) electrons. The molecule has 0 spiro atoms. The van der Waals surface area contributed by atoms with Crippen LogP contribution < -0.4 is 10.2 Å². The van der Waals surface area contributed by atoms with Gasteiger partial charge in [-0.25, -0.2) is 0 Å². The number of fused-ring (bicyclic) bond motifs is 1. The fourth-order valence-electron chi connectivity index (χ4n) is 1.48. The van der Waals surface area contributed by atoms with Gasteiger partial charge in [-0.2, -0.15) is 5.10 Å². The first-order chi connectivity index (χ1) is 7.04. The molecule has 0 aliphatic carbocycles. The molecule has 0 unspecified atom stereocenters. The molecule has 0 fully saturated rings. The predicted molar refractivity (Wildman–Crippen MR) is 51.4 cm³/mol. The average Bonchev–Trinajstić information content (AvgIpc) is 2.62. The number of H-pyrrole nitrogens is 1. The minimum absolute atomic E-state index is 0.0261. The fourth-order valence-corrected chi connectivity index (χ4v) is 1.48. The van der Waals surface area contributed by atoms with E-state index in [1.54, 1.807) is 0 Å². The van der Waals surface area contributed by atoms with E-state index in [1.807, 2.05) is 0 Å². The van der Waals surface area contributed by atoms with Crippen LogP contribution in [-0.2, 0) is 0 Å². The molecule has 0 atom stereocenters. The lowest BCUT2D eigenvalue weighted by atomic mass is 9.79. The Balaban J connectivity index is 2.74. The van der Waals surface area contributed by atoms with Gasteiger partial charge in [0.25, 0.3) is 0 Å². The summed E-state index contributed by atoms with van der Waals surface area (Å²) in [6, 6.07) is 2.29. The minimum atomic E-state index is -5.04. The standard InChI is InChI=1S/C8H7BF3N2O/c1-15-7-3-2-6(9(10,11)12)8-5(7)4-13-14-8/h2-4H,1H3,(H,13,14)/q-1. The van der Waals surface area contributed by atoms with E-state index in [9.17, 15) is 12.9 Å². The van der Waals surface area contributed by atoms with Crippen LogP contribution in [0.4, 0.5) is 12.9 Å². The normalized spacial score (nSPS) is 12.0. The second-order valence-electron chi connectivity index (χ2n) is 3.09. The summed E-state index contributed by atoms with van der Waals surface area (Å²) >= 11 is 0. The topological polar surface area (TPSA) is 37.9 Å². The zero-order valence-corrected chi connectivity index (χ0v) is 7.80. The summed E-state index contributed by atoms with van der Waals surface area (Å²) in [6.45, 7) is -5.04. The van der Waals surface area contributed by atoms with E-state index in [-0.39, 0.29) is 5.52 Å². The molecule has 1 aromatic heterocycles. The van der Waals surface area contributed by atoms with Crippen LogP contribution >= 0.6 is 0 Å². The molecule has 0 amide bonds. The zero-order chi connectivity index (χ0) is 11.1. The van der Waals surface area contributed by atoms with Gasteiger partial charge in [-0.1, -0.05) is 11.5 Å². The number of ether oxygens (including phenoxy) is 1. The molecule has 0 saturated heterocycles. The summed E-state index contributed by atoms with van der Waals surface area (Å²) in [4.78, 5) is 0. The Morgan fingerprint density at radius 1 is 1.33 bits per heavy atom. The van der Waals surface area contributed by atoms with Crippen LogP contribution in [0.2, 0.25) is 0 Å². The summed E-state index contributed by atoms with van der Waals surface area (Å²) < 4.78 is 42.7. The summed E-state index contributed by atoms with van der Waals surface area (Å²) in [6.07, 6.45) is 1.32. The van der Waals surface area contributed by atoms with Gasteiger partial charge in [-0.15, -0.1) is 0 Å². The number of nitrogens with zero attached hydrogens (tertiary/aromatic N) is 1. The Morgan fingerprint density at radius 2 is 2.07 bits per heavy atom. The van der Waals surface area contributed by atoms with Crippen LogP contribution in [0.3, 0.4) is 0 Å². The fraction of sp³-hybridized carbons (Fsp3) is 0.125. The molecule has 1 aromatic carbocycles. The Bertz CT molecular complexity index is 494. The number of halogens is 3. The molecule has 1 heterocycles. The summed E-state index contributed by atoms with van der Waals surface area (Å²) in [5, 5.41) is 6.27. The van der Waals surface area contributed by atoms with Crippen molar-refractivity contribution in [1.82, 2.24) is 10.2 Å². The summed E-state index contributed by atoms with van der Waals surface area (Å²) in [7, 11) is 1.40. The van der Waals surface area contributed by atoms with Gasteiger partial charge in [-0.3, -0.25) is 5.10 Å². The lowest BCUT2D eigenvalue weighted by molar-refractivity contribution is 0.420. The van der Waals surface area contributed by atoms with Gasteiger partial charge < -0.3 is 17.7 Å². The van der Waals surface area contributed by atoms with E-state index in [0.717, 1.165) is 6.07 Å². The van der Waals surface area contributed by atoms with Crippen LogP contribution in [-0.4, -0.2) is 24.3 Å². The van der Waals surface area contributed by atoms with Gasteiger partial charge in [0, 0.05) is 5.52 Å². The highest BCUT2D eigenvalue weighted by atomic mass is 19.4. The number of hydrogen-bond donors (Lipinski definition) is 1. The van der Waals surface area contributed by atoms with Gasteiger partial charge in [0.05, 0.1) is 18.7 Å². The second-order valence-corrected chi connectivity index (χ2v) is 3.09. The highest BCUT2D eigenvalue weighted by Crippen LogP contribution is 2.24.